The summed E-state index contributed by atoms with van der Waals surface area (Å²) in [6, 6.07) is 8.09. The summed E-state index contributed by atoms with van der Waals surface area (Å²) in [5.41, 5.74) is 2.79. The molecule has 1 saturated heterocycles. The average Bonchev–Trinajstić information content (AvgIpc) is 2.87. The number of carbonyl (C=O) groups is 1. The van der Waals surface area contributed by atoms with Crippen molar-refractivity contribution in [1.82, 2.24) is 15.6 Å². The van der Waals surface area contributed by atoms with Gasteiger partial charge < -0.3 is 10.6 Å². The van der Waals surface area contributed by atoms with Crippen LogP contribution in [0.4, 0.5) is 0 Å². The molecule has 0 unspecified atom stereocenters. The van der Waals surface area contributed by atoms with Crippen LogP contribution in [0.25, 0.3) is 10.6 Å². The largest absolute Gasteiger partial charge is 0.350 e. The molecule has 2 aromatic rings. The molecule has 20 heavy (non-hydrogen) atoms. The van der Waals surface area contributed by atoms with E-state index in [1.54, 1.807) is 0 Å². The van der Waals surface area contributed by atoms with Crippen molar-refractivity contribution in [1.29, 1.82) is 0 Å². The SMILES string of the molecule is Cc1ccccc1-c1nc(C(=O)NCC2CNC2)cs1. The Morgan fingerprint density at radius 1 is 1.45 bits per heavy atom. The molecule has 0 spiro atoms. The lowest BCUT2D eigenvalue weighted by atomic mass is 10.0. The Labute approximate surface area is 122 Å². The van der Waals surface area contributed by atoms with Gasteiger partial charge in [0.15, 0.2) is 0 Å². The summed E-state index contributed by atoms with van der Waals surface area (Å²) in [5.74, 6) is 0.487. The monoisotopic (exact) mass is 287 g/mol. The highest BCUT2D eigenvalue weighted by Crippen LogP contribution is 2.26. The first-order chi connectivity index (χ1) is 9.74. The van der Waals surface area contributed by atoms with Crippen molar-refractivity contribution in [2.45, 2.75) is 6.92 Å². The van der Waals surface area contributed by atoms with Crippen molar-refractivity contribution in [3.8, 4) is 10.6 Å². The van der Waals surface area contributed by atoms with Gasteiger partial charge in [0.2, 0.25) is 0 Å². The predicted octanol–water partition coefficient (Wildman–Crippen LogP) is 2.07. The van der Waals surface area contributed by atoms with E-state index in [4.69, 9.17) is 0 Å². The molecule has 0 saturated carbocycles. The first kappa shape index (κ1) is 13.3. The number of aromatic nitrogens is 1. The molecule has 104 valence electrons. The van der Waals surface area contributed by atoms with Crippen molar-refractivity contribution in [2.75, 3.05) is 19.6 Å². The van der Waals surface area contributed by atoms with Gasteiger partial charge in [-0.2, -0.15) is 0 Å². The minimum absolute atomic E-state index is 0.0759. The highest BCUT2D eigenvalue weighted by Gasteiger charge is 2.19. The summed E-state index contributed by atoms with van der Waals surface area (Å²) in [5, 5.41) is 8.87. The summed E-state index contributed by atoms with van der Waals surface area (Å²) in [6.45, 7) is 4.76. The predicted molar refractivity (Wildman–Crippen MR) is 81.0 cm³/mol. The second-order valence-electron chi connectivity index (χ2n) is 5.09. The van der Waals surface area contributed by atoms with Gasteiger partial charge in [0.05, 0.1) is 0 Å². The van der Waals surface area contributed by atoms with Crippen LogP contribution in [0.5, 0.6) is 0 Å². The van der Waals surface area contributed by atoms with Crippen LogP contribution in [-0.2, 0) is 0 Å². The van der Waals surface area contributed by atoms with E-state index >= 15 is 0 Å². The summed E-state index contributed by atoms with van der Waals surface area (Å²) in [7, 11) is 0. The number of rotatable bonds is 4. The third-order valence-corrected chi connectivity index (χ3v) is 4.41. The van der Waals surface area contributed by atoms with Crippen LogP contribution in [0.2, 0.25) is 0 Å². The maximum absolute atomic E-state index is 12.0. The Morgan fingerprint density at radius 2 is 2.25 bits per heavy atom. The molecule has 0 radical (unpaired) electrons. The van der Waals surface area contributed by atoms with E-state index in [1.165, 1.54) is 16.9 Å². The highest BCUT2D eigenvalue weighted by molar-refractivity contribution is 7.13. The molecule has 1 aliphatic heterocycles. The number of nitrogens with zero attached hydrogens (tertiary/aromatic N) is 1. The van der Waals surface area contributed by atoms with E-state index in [9.17, 15) is 4.79 Å². The van der Waals surface area contributed by atoms with E-state index in [-0.39, 0.29) is 5.91 Å². The first-order valence-electron chi connectivity index (χ1n) is 6.74. The Hall–Kier alpha value is -1.72. The molecule has 5 heteroatoms. The number of benzene rings is 1. The molecule has 0 bridgehead atoms. The minimum Gasteiger partial charge on any atom is -0.350 e. The molecule has 4 nitrogen and oxygen atoms in total. The van der Waals surface area contributed by atoms with Gasteiger partial charge in [-0.05, 0) is 12.5 Å². The second-order valence-corrected chi connectivity index (χ2v) is 5.95. The molecule has 1 aliphatic rings. The van der Waals surface area contributed by atoms with Crippen molar-refractivity contribution in [2.24, 2.45) is 5.92 Å². The van der Waals surface area contributed by atoms with E-state index < -0.39 is 0 Å². The van der Waals surface area contributed by atoms with Crippen molar-refractivity contribution in [3.63, 3.8) is 0 Å². The zero-order valence-corrected chi connectivity index (χ0v) is 12.2. The van der Waals surface area contributed by atoms with Gasteiger partial charge in [-0.25, -0.2) is 4.98 Å². The van der Waals surface area contributed by atoms with Crippen LogP contribution in [0.15, 0.2) is 29.6 Å². The fraction of sp³-hybridized carbons (Fsp3) is 0.333. The minimum atomic E-state index is -0.0759. The fourth-order valence-corrected chi connectivity index (χ4v) is 3.03. The lowest BCUT2D eigenvalue weighted by Gasteiger charge is -2.26. The van der Waals surface area contributed by atoms with Gasteiger partial charge in [-0.15, -0.1) is 11.3 Å². The maximum atomic E-state index is 12.0. The van der Waals surface area contributed by atoms with Gasteiger partial charge in [0.25, 0.3) is 5.91 Å². The van der Waals surface area contributed by atoms with E-state index in [2.05, 4.69) is 28.6 Å². The molecule has 2 heterocycles. The van der Waals surface area contributed by atoms with Crippen LogP contribution >= 0.6 is 11.3 Å². The van der Waals surface area contributed by atoms with Crippen molar-refractivity contribution < 1.29 is 4.79 Å². The summed E-state index contributed by atoms with van der Waals surface area (Å²) in [4.78, 5) is 16.5. The molecule has 1 aromatic carbocycles. The Balaban J connectivity index is 1.69. The topological polar surface area (TPSA) is 54.0 Å². The van der Waals surface area contributed by atoms with Crippen LogP contribution < -0.4 is 10.6 Å². The normalized spacial score (nSPS) is 14.8. The lowest BCUT2D eigenvalue weighted by molar-refractivity contribution is 0.0938. The highest BCUT2D eigenvalue weighted by atomic mass is 32.1. The van der Waals surface area contributed by atoms with Gasteiger partial charge in [-0.3, -0.25) is 4.79 Å². The molecule has 1 amide bonds. The Bertz CT molecular complexity index is 619. The number of aryl methyl sites for hydroxylation is 1. The smallest absolute Gasteiger partial charge is 0.270 e. The third kappa shape index (κ3) is 2.73. The molecule has 0 atom stereocenters. The van der Waals surface area contributed by atoms with Gasteiger partial charge in [0, 0.05) is 36.5 Å². The summed E-state index contributed by atoms with van der Waals surface area (Å²) < 4.78 is 0. The third-order valence-electron chi connectivity index (χ3n) is 3.53. The Morgan fingerprint density at radius 3 is 2.95 bits per heavy atom. The number of hydrogen-bond acceptors (Lipinski definition) is 4. The van der Waals surface area contributed by atoms with Crippen LogP contribution in [-0.4, -0.2) is 30.5 Å². The molecule has 3 rings (SSSR count). The average molecular weight is 287 g/mol. The number of carbonyl (C=O) groups excluding carboxylic acids is 1. The fourth-order valence-electron chi connectivity index (χ4n) is 2.13. The summed E-state index contributed by atoms with van der Waals surface area (Å²) >= 11 is 1.51. The molecule has 1 aromatic heterocycles. The van der Waals surface area contributed by atoms with Crippen LogP contribution in [0, 0.1) is 12.8 Å². The number of amides is 1. The van der Waals surface area contributed by atoms with Gasteiger partial charge in [-0.1, -0.05) is 24.3 Å². The first-order valence-corrected chi connectivity index (χ1v) is 7.62. The molecular weight excluding hydrogens is 270 g/mol. The zero-order chi connectivity index (χ0) is 13.9. The zero-order valence-electron chi connectivity index (χ0n) is 11.3. The van der Waals surface area contributed by atoms with Gasteiger partial charge in [0.1, 0.15) is 10.7 Å². The maximum Gasteiger partial charge on any atom is 0.270 e. The molecule has 1 fully saturated rings. The van der Waals surface area contributed by atoms with E-state index in [0.717, 1.165) is 30.2 Å². The van der Waals surface area contributed by atoms with E-state index in [0.29, 0.717) is 11.6 Å². The van der Waals surface area contributed by atoms with E-state index in [1.807, 2.05) is 23.6 Å². The molecule has 0 aliphatic carbocycles. The lowest BCUT2D eigenvalue weighted by Crippen LogP contribution is -2.48. The van der Waals surface area contributed by atoms with Crippen LogP contribution in [0.3, 0.4) is 0 Å². The van der Waals surface area contributed by atoms with Crippen molar-refractivity contribution >= 4 is 17.2 Å². The second kappa shape index (κ2) is 5.73. The van der Waals surface area contributed by atoms with Crippen LogP contribution in [0.1, 0.15) is 16.1 Å². The number of hydrogen-bond donors (Lipinski definition) is 2. The summed E-state index contributed by atoms with van der Waals surface area (Å²) in [6.07, 6.45) is 0. The standard InChI is InChI=1S/C15H17N3OS/c1-10-4-2-3-5-12(10)15-18-13(9-20-15)14(19)17-8-11-6-16-7-11/h2-5,9,11,16H,6-8H2,1H3,(H,17,19). The molecular formula is C15H17N3OS. The number of thiazole rings is 1. The number of nitrogens with one attached hydrogen (secondary N) is 2. The van der Waals surface area contributed by atoms with Crippen molar-refractivity contribution in [3.05, 3.63) is 40.9 Å². The molecule has 2 N–H and O–H groups in total. The van der Waals surface area contributed by atoms with Gasteiger partial charge >= 0.3 is 0 Å². The Kier molecular flexibility index (Phi) is 3.80. The quantitative estimate of drug-likeness (QED) is 0.905.